The third kappa shape index (κ3) is 4.65. The zero-order valence-electron chi connectivity index (χ0n) is 16.9. The standard InChI is InChI=1S/C24H27NO3/c1-17(19-7-5-9-21(14-19)26-2)25-16-18-11-12-24(28-4)23(13-18)20-8-6-10-22(15-20)27-3/h5-15,17,25H,16H2,1-4H3/t17-/m1/s1. The average Bonchev–Trinajstić information content (AvgIpc) is 2.77. The first-order valence-corrected chi connectivity index (χ1v) is 9.33. The van der Waals surface area contributed by atoms with Crippen LogP contribution in [0.2, 0.25) is 0 Å². The predicted octanol–water partition coefficient (Wildman–Crippen LogP) is 5.23. The summed E-state index contributed by atoms with van der Waals surface area (Å²) in [6.45, 7) is 2.90. The summed E-state index contributed by atoms with van der Waals surface area (Å²) in [5.41, 5.74) is 4.50. The number of methoxy groups -OCH3 is 3. The molecule has 0 saturated carbocycles. The summed E-state index contributed by atoms with van der Waals surface area (Å²) in [5, 5.41) is 3.58. The van der Waals surface area contributed by atoms with Gasteiger partial charge < -0.3 is 19.5 Å². The van der Waals surface area contributed by atoms with Crippen LogP contribution in [0.5, 0.6) is 17.2 Å². The Morgan fingerprint density at radius 1 is 0.786 bits per heavy atom. The van der Waals surface area contributed by atoms with E-state index in [-0.39, 0.29) is 6.04 Å². The van der Waals surface area contributed by atoms with Gasteiger partial charge in [0.05, 0.1) is 21.3 Å². The number of rotatable bonds is 8. The summed E-state index contributed by atoms with van der Waals surface area (Å²) < 4.78 is 16.3. The Kier molecular flexibility index (Phi) is 6.56. The lowest BCUT2D eigenvalue weighted by molar-refractivity contribution is 0.413. The molecule has 0 heterocycles. The van der Waals surface area contributed by atoms with E-state index in [0.29, 0.717) is 0 Å². The summed E-state index contributed by atoms with van der Waals surface area (Å²) in [6, 6.07) is 22.6. The van der Waals surface area contributed by atoms with Crippen LogP contribution in [0.3, 0.4) is 0 Å². The third-order valence-corrected chi connectivity index (χ3v) is 4.85. The molecule has 4 heteroatoms. The molecule has 0 bridgehead atoms. The molecule has 0 aliphatic heterocycles. The highest BCUT2D eigenvalue weighted by molar-refractivity contribution is 5.72. The van der Waals surface area contributed by atoms with E-state index in [1.54, 1.807) is 21.3 Å². The van der Waals surface area contributed by atoms with Crippen LogP contribution >= 0.6 is 0 Å². The molecule has 0 aliphatic carbocycles. The van der Waals surface area contributed by atoms with Crippen molar-refractivity contribution < 1.29 is 14.2 Å². The van der Waals surface area contributed by atoms with Gasteiger partial charge in [0.1, 0.15) is 17.2 Å². The van der Waals surface area contributed by atoms with Crippen molar-refractivity contribution in [3.8, 4) is 28.4 Å². The molecule has 0 aliphatic rings. The van der Waals surface area contributed by atoms with E-state index in [1.165, 1.54) is 11.1 Å². The highest BCUT2D eigenvalue weighted by Crippen LogP contribution is 2.33. The van der Waals surface area contributed by atoms with Gasteiger partial charge in [0.15, 0.2) is 0 Å². The molecule has 0 spiro atoms. The smallest absolute Gasteiger partial charge is 0.126 e. The van der Waals surface area contributed by atoms with Crippen molar-refractivity contribution in [2.24, 2.45) is 0 Å². The van der Waals surface area contributed by atoms with Crippen LogP contribution in [0.4, 0.5) is 0 Å². The topological polar surface area (TPSA) is 39.7 Å². The van der Waals surface area contributed by atoms with E-state index in [0.717, 1.165) is 34.9 Å². The lowest BCUT2D eigenvalue weighted by Crippen LogP contribution is -2.18. The van der Waals surface area contributed by atoms with Gasteiger partial charge in [-0.1, -0.05) is 30.3 Å². The van der Waals surface area contributed by atoms with Crippen LogP contribution in [-0.2, 0) is 6.54 Å². The molecule has 1 atom stereocenters. The fourth-order valence-corrected chi connectivity index (χ4v) is 3.18. The summed E-state index contributed by atoms with van der Waals surface area (Å²) in [6.07, 6.45) is 0. The second-order valence-electron chi connectivity index (χ2n) is 6.65. The van der Waals surface area contributed by atoms with Crippen LogP contribution in [0, 0.1) is 0 Å². The Hall–Kier alpha value is -2.98. The number of hydrogen-bond acceptors (Lipinski definition) is 4. The number of hydrogen-bond donors (Lipinski definition) is 1. The van der Waals surface area contributed by atoms with E-state index >= 15 is 0 Å². The van der Waals surface area contributed by atoms with Crippen LogP contribution in [0.15, 0.2) is 66.7 Å². The maximum Gasteiger partial charge on any atom is 0.126 e. The lowest BCUT2D eigenvalue weighted by atomic mass is 10.0. The minimum atomic E-state index is 0.206. The van der Waals surface area contributed by atoms with Gasteiger partial charge >= 0.3 is 0 Å². The van der Waals surface area contributed by atoms with Crippen molar-refractivity contribution in [2.45, 2.75) is 19.5 Å². The Balaban J connectivity index is 1.79. The highest BCUT2D eigenvalue weighted by Gasteiger charge is 2.10. The van der Waals surface area contributed by atoms with Gasteiger partial charge in [-0.25, -0.2) is 0 Å². The zero-order chi connectivity index (χ0) is 19.9. The van der Waals surface area contributed by atoms with Gasteiger partial charge in [0.25, 0.3) is 0 Å². The van der Waals surface area contributed by atoms with Gasteiger partial charge in [-0.15, -0.1) is 0 Å². The summed E-state index contributed by atoms with van der Waals surface area (Å²) in [5.74, 6) is 2.54. The molecule has 0 fully saturated rings. The first-order valence-electron chi connectivity index (χ1n) is 9.33. The molecule has 1 N–H and O–H groups in total. The summed E-state index contributed by atoms with van der Waals surface area (Å²) >= 11 is 0. The Morgan fingerprint density at radius 3 is 2.21 bits per heavy atom. The second kappa shape index (κ2) is 9.29. The monoisotopic (exact) mass is 377 g/mol. The van der Waals surface area contributed by atoms with Crippen LogP contribution in [0.1, 0.15) is 24.1 Å². The van der Waals surface area contributed by atoms with Crippen molar-refractivity contribution in [1.82, 2.24) is 5.32 Å². The van der Waals surface area contributed by atoms with Gasteiger partial charge in [-0.3, -0.25) is 0 Å². The Morgan fingerprint density at radius 2 is 1.50 bits per heavy atom. The molecule has 146 valence electrons. The molecule has 0 aromatic heterocycles. The molecule has 4 nitrogen and oxygen atoms in total. The maximum atomic E-state index is 5.57. The second-order valence-corrected chi connectivity index (χ2v) is 6.65. The van der Waals surface area contributed by atoms with E-state index in [2.05, 4.69) is 42.6 Å². The predicted molar refractivity (Wildman–Crippen MR) is 113 cm³/mol. The molecule has 0 amide bonds. The summed E-state index contributed by atoms with van der Waals surface area (Å²) in [4.78, 5) is 0. The van der Waals surface area contributed by atoms with Crippen molar-refractivity contribution in [1.29, 1.82) is 0 Å². The van der Waals surface area contributed by atoms with Gasteiger partial charge in [0, 0.05) is 18.2 Å². The van der Waals surface area contributed by atoms with Crippen LogP contribution < -0.4 is 19.5 Å². The van der Waals surface area contributed by atoms with E-state index in [1.807, 2.05) is 36.4 Å². The molecule has 28 heavy (non-hydrogen) atoms. The molecule has 0 radical (unpaired) electrons. The largest absolute Gasteiger partial charge is 0.497 e. The highest BCUT2D eigenvalue weighted by atomic mass is 16.5. The minimum absolute atomic E-state index is 0.206. The quantitative estimate of drug-likeness (QED) is 0.583. The molecular weight excluding hydrogens is 350 g/mol. The third-order valence-electron chi connectivity index (χ3n) is 4.85. The van der Waals surface area contributed by atoms with Crippen LogP contribution in [0.25, 0.3) is 11.1 Å². The molecule has 3 aromatic carbocycles. The number of benzene rings is 3. The molecule has 0 saturated heterocycles. The van der Waals surface area contributed by atoms with Gasteiger partial charge in [0.2, 0.25) is 0 Å². The van der Waals surface area contributed by atoms with E-state index in [4.69, 9.17) is 14.2 Å². The lowest BCUT2D eigenvalue weighted by Gasteiger charge is -2.17. The fraction of sp³-hybridized carbons (Fsp3) is 0.250. The first kappa shape index (κ1) is 19.8. The van der Waals surface area contributed by atoms with Crippen molar-refractivity contribution >= 4 is 0 Å². The Labute approximate surface area is 167 Å². The number of ether oxygens (including phenoxy) is 3. The molecule has 3 aromatic rings. The van der Waals surface area contributed by atoms with E-state index in [9.17, 15) is 0 Å². The normalized spacial score (nSPS) is 11.7. The minimum Gasteiger partial charge on any atom is -0.497 e. The number of nitrogens with one attached hydrogen (secondary N) is 1. The SMILES string of the molecule is COc1cccc(-c2cc(CN[C@H](C)c3cccc(OC)c3)ccc2OC)c1. The fourth-order valence-electron chi connectivity index (χ4n) is 3.18. The maximum absolute atomic E-state index is 5.57. The summed E-state index contributed by atoms with van der Waals surface area (Å²) in [7, 11) is 5.06. The molecular formula is C24H27NO3. The van der Waals surface area contributed by atoms with Crippen LogP contribution in [-0.4, -0.2) is 21.3 Å². The van der Waals surface area contributed by atoms with Gasteiger partial charge in [-0.05, 0) is 60.0 Å². The first-order chi connectivity index (χ1) is 13.6. The Bertz CT molecular complexity index is 923. The average molecular weight is 377 g/mol. The molecule has 3 rings (SSSR count). The van der Waals surface area contributed by atoms with E-state index < -0.39 is 0 Å². The molecule has 0 unspecified atom stereocenters. The van der Waals surface area contributed by atoms with Gasteiger partial charge in [-0.2, -0.15) is 0 Å². The van der Waals surface area contributed by atoms with Crippen molar-refractivity contribution in [2.75, 3.05) is 21.3 Å². The zero-order valence-corrected chi connectivity index (χ0v) is 16.9. The van der Waals surface area contributed by atoms with Crippen molar-refractivity contribution in [3.05, 3.63) is 77.9 Å². The van der Waals surface area contributed by atoms with Crippen molar-refractivity contribution in [3.63, 3.8) is 0 Å².